The second-order valence-corrected chi connectivity index (χ2v) is 12.6. The number of allylic oxidation sites excluding steroid dienone is 5. The number of nitrogens with zero attached hydrogens (tertiary/aromatic N) is 1. The molecule has 0 spiro atoms. The Morgan fingerprint density at radius 1 is 0.891 bits per heavy atom. The molecule has 0 saturated heterocycles. The number of carbonyl (C=O) groups is 2. The zero-order valence-corrected chi connectivity index (χ0v) is 29.8. The van der Waals surface area contributed by atoms with Gasteiger partial charge in [0, 0.05) is 23.3 Å². The molecular weight excluding hydrogens is 593 g/mol. The highest BCUT2D eigenvalue weighted by Gasteiger charge is 2.16. The zero-order chi connectivity index (χ0) is 33.7. The van der Waals surface area contributed by atoms with E-state index >= 15 is 0 Å². The quantitative estimate of drug-likeness (QED) is 0.0386. The lowest BCUT2D eigenvalue weighted by molar-refractivity contribution is -0.116. The summed E-state index contributed by atoms with van der Waals surface area (Å²) in [4.78, 5) is 28.7. The lowest BCUT2D eigenvalue weighted by atomic mass is 10.1. The molecule has 250 valence electrons. The molecule has 0 aliphatic carbocycles. The van der Waals surface area contributed by atoms with Crippen molar-refractivity contribution >= 4 is 29.7 Å². The standard InChI is InChI=1S/C39H54N2O4S/c1-8-41(9-2)27-14-26-40-38(42)24-22-33-21-23-35(36(29-33)44-7)45-39(43)34-19-10-11-20-37(34)46-28-25-32(6)18-13-17-31(5)16-12-15-30(3)4/h10-11,15,17,19-25,29H,8-9,12-14,16,18,26-28H2,1-7H3,(H,40,42)/b24-22+,31-17+,32-25+. The van der Waals surface area contributed by atoms with Crippen molar-refractivity contribution in [1.82, 2.24) is 10.2 Å². The van der Waals surface area contributed by atoms with Gasteiger partial charge in [-0.25, -0.2) is 4.79 Å². The second kappa shape index (κ2) is 22.1. The zero-order valence-electron chi connectivity index (χ0n) is 29.0. The van der Waals surface area contributed by atoms with Gasteiger partial charge in [-0.3, -0.25) is 4.79 Å². The van der Waals surface area contributed by atoms with Crippen molar-refractivity contribution in [1.29, 1.82) is 0 Å². The van der Waals surface area contributed by atoms with Crippen LogP contribution in [0, 0.1) is 0 Å². The van der Waals surface area contributed by atoms with Gasteiger partial charge in [0.2, 0.25) is 5.91 Å². The number of amides is 1. The number of hydrogen-bond donors (Lipinski definition) is 1. The molecule has 0 bridgehead atoms. The fourth-order valence-electron chi connectivity index (χ4n) is 4.69. The van der Waals surface area contributed by atoms with E-state index in [1.807, 2.05) is 18.2 Å². The molecule has 6 nitrogen and oxygen atoms in total. The number of esters is 1. The summed E-state index contributed by atoms with van der Waals surface area (Å²) in [5.74, 6) is 0.923. The molecule has 0 unspecified atom stereocenters. The van der Waals surface area contributed by atoms with E-state index in [0.29, 0.717) is 23.6 Å². The fourth-order valence-corrected chi connectivity index (χ4v) is 5.71. The van der Waals surface area contributed by atoms with Crippen molar-refractivity contribution in [3.63, 3.8) is 0 Å². The van der Waals surface area contributed by atoms with Gasteiger partial charge in [-0.15, -0.1) is 11.8 Å². The van der Waals surface area contributed by atoms with Crippen LogP contribution in [0.3, 0.4) is 0 Å². The van der Waals surface area contributed by atoms with Crippen LogP contribution in [0.4, 0.5) is 0 Å². The van der Waals surface area contributed by atoms with Crippen LogP contribution in [0.1, 0.15) is 89.6 Å². The van der Waals surface area contributed by atoms with Crippen molar-refractivity contribution in [3.05, 3.63) is 94.6 Å². The van der Waals surface area contributed by atoms with Crippen LogP contribution in [0.2, 0.25) is 0 Å². The van der Waals surface area contributed by atoms with E-state index in [-0.39, 0.29) is 5.91 Å². The first kappa shape index (κ1) is 38.6. The molecule has 0 heterocycles. The van der Waals surface area contributed by atoms with Crippen LogP contribution < -0.4 is 14.8 Å². The van der Waals surface area contributed by atoms with Gasteiger partial charge in [0.15, 0.2) is 11.5 Å². The number of methoxy groups -OCH3 is 1. The van der Waals surface area contributed by atoms with Crippen LogP contribution in [0.25, 0.3) is 6.08 Å². The number of rotatable bonds is 20. The molecule has 0 fully saturated rings. The van der Waals surface area contributed by atoms with E-state index in [1.54, 1.807) is 42.1 Å². The monoisotopic (exact) mass is 646 g/mol. The Hall–Kier alpha value is -3.55. The molecule has 1 N–H and O–H groups in total. The van der Waals surface area contributed by atoms with Crippen molar-refractivity contribution in [3.8, 4) is 11.5 Å². The molecule has 2 rings (SSSR count). The third-order valence-electron chi connectivity index (χ3n) is 7.56. The highest BCUT2D eigenvalue weighted by molar-refractivity contribution is 7.99. The SMILES string of the molecule is CCN(CC)CCCNC(=O)/C=C/c1ccc(OC(=O)c2ccccc2SC/C=C(\C)CC/C=C(\C)CCC=C(C)C)c(OC)c1. The molecule has 0 aromatic heterocycles. The van der Waals surface area contributed by atoms with Crippen LogP contribution in [-0.2, 0) is 4.79 Å². The summed E-state index contributed by atoms with van der Waals surface area (Å²) < 4.78 is 11.3. The Kier molecular flexibility index (Phi) is 18.5. The molecule has 0 radical (unpaired) electrons. The summed E-state index contributed by atoms with van der Waals surface area (Å²) in [5.41, 5.74) is 5.43. The summed E-state index contributed by atoms with van der Waals surface area (Å²) in [6.07, 6.45) is 15.3. The fraction of sp³-hybridized carbons (Fsp3) is 0.436. The van der Waals surface area contributed by atoms with Gasteiger partial charge in [0.1, 0.15) is 0 Å². The molecule has 0 saturated carbocycles. The minimum Gasteiger partial charge on any atom is -0.493 e. The molecule has 0 aliphatic rings. The first-order valence-electron chi connectivity index (χ1n) is 16.4. The maximum absolute atomic E-state index is 13.2. The summed E-state index contributed by atoms with van der Waals surface area (Å²) in [5, 5.41) is 2.93. The first-order valence-corrected chi connectivity index (χ1v) is 17.4. The molecule has 2 aromatic carbocycles. The van der Waals surface area contributed by atoms with E-state index < -0.39 is 5.97 Å². The third kappa shape index (κ3) is 15.2. The summed E-state index contributed by atoms with van der Waals surface area (Å²) in [6, 6.07) is 12.7. The average Bonchev–Trinajstić information content (AvgIpc) is 3.04. The Bertz CT molecular complexity index is 1370. The lowest BCUT2D eigenvalue weighted by Crippen LogP contribution is -2.29. The number of nitrogens with one attached hydrogen (secondary N) is 1. The number of thioether (sulfide) groups is 1. The van der Waals surface area contributed by atoms with E-state index in [1.165, 1.54) is 29.9 Å². The van der Waals surface area contributed by atoms with Crippen LogP contribution >= 0.6 is 11.8 Å². The highest BCUT2D eigenvalue weighted by atomic mass is 32.2. The van der Waals surface area contributed by atoms with Gasteiger partial charge >= 0.3 is 5.97 Å². The first-order chi connectivity index (χ1) is 22.2. The van der Waals surface area contributed by atoms with Crippen molar-refractivity contribution in [2.24, 2.45) is 0 Å². The predicted octanol–water partition coefficient (Wildman–Crippen LogP) is 9.29. The van der Waals surface area contributed by atoms with Crippen molar-refractivity contribution in [2.75, 3.05) is 39.0 Å². The maximum Gasteiger partial charge on any atom is 0.344 e. The van der Waals surface area contributed by atoms with Crippen LogP contribution in [0.15, 0.2) is 88.4 Å². The number of benzene rings is 2. The largest absolute Gasteiger partial charge is 0.493 e. The smallest absolute Gasteiger partial charge is 0.344 e. The third-order valence-corrected chi connectivity index (χ3v) is 8.56. The molecule has 7 heteroatoms. The second-order valence-electron chi connectivity index (χ2n) is 11.6. The normalized spacial score (nSPS) is 12.0. The van der Waals surface area contributed by atoms with E-state index in [0.717, 1.165) is 68.0 Å². The molecule has 46 heavy (non-hydrogen) atoms. The number of hydrogen-bond acceptors (Lipinski definition) is 6. The lowest BCUT2D eigenvalue weighted by Gasteiger charge is -2.17. The van der Waals surface area contributed by atoms with Gasteiger partial charge in [-0.2, -0.15) is 0 Å². The molecule has 2 aromatic rings. The van der Waals surface area contributed by atoms with Gasteiger partial charge < -0.3 is 19.7 Å². The number of carbonyl (C=O) groups excluding carboxylic acids is 2. The minimum atomic E-state index is -0.441. The van der Waals surface area contributed by atoms with E-state index in [9.17, 15) is 9.59 Å². The van der Waals surface area contributed by atoms with Gasteiger partial charge in [-0.05, 0) is 115 Å². The van der Waals surface area contributed by atoms with Crippen molar-refractivity contribution < 1.29 is 19.1 Å². The Morgan fingerprint density at radius 3 is 2.28 bits per heavy atom. The molecule has 1 amide bonds. The van der Waals surface area contributed by atoms with Gasteiger partial charge in [0.05, 0.1) is 12.7 Å². The van der Waals surface area contributed by atoms with E-state index in [2.05, 4.69) is 70.0 Å². The summed E-state index contributed by atoms with van der Waals surface area (Å²) in [7, 11) is 1.53. The van der Waals surface area contributed by atoms with Gasteiger partial charge in [0.25, 0.3) is 0 Å². The summed E-state index contributed by atoms with van der Waals surface area (Å²) >= 11 is 1.62. The predicted molar refractivity (Wildman–Crippen MR) is 195 cm³/mol. The average molecular weight is 647 g/mol. The Labute approximate surface area is 282 Å². The highest BCUT2D eigenvalue weighted by Crippen LogP contribution is 2.31. The van der Waals surface area contributed by atoms with Crippen molar-refractivity contribution in [2.45, 2.75) is 78.5 Å². The summed E-state index contributed by atoms with van der Waals surface area (Å²) in [6.45, 7) is 16.5. The topological polar surface area (TPSA) is 67.9 Å². The Balaban J connectivity index is 1.93. The molecular formula is C39H54N2O4S. The van der Waals surface area contributed by atoms with Crippen LogP contribution in [0.5, 0.6) is 11.5 Å². The number of ether oxygens (including phenoxy) is 2. The maximum atomic E-state index is 13.2. The van der Waals surface area contributed by atoms with Crippen LogP contribution in [-0.4, -0.2) is 55.8 Å². The Morgan fingerprint density at radius 2 is 1.59 bits per heavy atom. The minimum absolute atomic E-state index is 0.147. The molecule has 0 aliphatic heterocycles. The molecule has 0 atom stereocenters. The van der Waals surface area contributed by atoms with E-state index in [4.69, 9.17) is 9.47 Å². The van der Waals surface area contributed by atoms with Gasteiger partial charge in [-0.1, -0.05) is 67.0 Å².